The lowest BCUT2D eigenvalue weighted by molar-refractivity contribution is 0.238. The van der Waals surface area contributed by atoms with Crippen molar-refractivity contribution in [2.75, 3.05) is 11.5 Å². The summed E-state index contributed by atoms with van der Waals surface area (Å²) in [7, 11) is -2.84. The van der Waals surface area contributed by atoms with Gasteiger partial charge < -0.3 is 10.5 Å². The SMILES string of the molecule is CC(C)Oc1ccccc1C(N)CC1CCS(=O)(=O)C1. The predicted molar refractivity (Wildman–Crippen MR) is 80.5 cm³/mol. The fourth-order valence-corrected chi connectivity index (χ4v) is 4.57. The van der Waals surface area contributed by atoms with Crippen LogP contribution in [0, 0.1) is 5.92 Å². The molecule has 2 N–H and O–H groups in total. The lowest BCUT2D eigenvalue weighted by atomic mass is 9.94. The smallest absolute Gasteiger partial charge is 0.150 e. The molecule has 0 saturated carbocycles. The second kappa shape index (κ2) is 6.14. The van der Waals surface area contributed by atoms with Gasteiger partial charge in [0.2, 0.25) is 0 Å². The van der Waals surface area contributed by atoms with E-state index in [1.54, 1.807) is 0 Å². The van der Waals surface area contributed by atoms with E-state index in [9.17, 15) is 8.42 Å². The highest BCUT2D eigenvalue weighted by Gasteiger charge is 2.29. The Labute approximate surface area is 121 Å². The van der Waals surface area contributed by atoms with Crippen molar-refractivity contribution in [1.29, 1.82) is 0 Å². The third-order valence-corrected chi connectivity index (χ3v) is 5.43. The summed E-state index contributed by atoms with van der Waals surface area (Å²) in [6, 6.07) is 7.57. The van der Waals surface area contributed by atoms with Gasteiger partial charge in [-0.3, -0.25) is 0 Å². The maximum Gasteiger partial charge on any atom is 0.150 e. The maximum absolute atomic E-state index is 11.5. The summed E-state index contributed by atoms with van der Waals surface area (Å²) < 4.78 is 28.8. The van der Waals surface area contributed by atoms with E-state index < -0.39 is 9.84 Å². The van der Waals surface area contributed by atoms with E-state index in [-0.39, 0.29) is 23.8 Å². The molecule has 112 valence electrons. The second-order valence-electron chi connectivity index (χ2n) is 5.82. The zero-order chi connectivity index (χ0) is 14.8. The molecule has 1 aromatic rings. The molecule has 1 fully saturated rings. The van der Waals surface area contributed by atoms with Gasteiger partial charge in [-0.05, 0) is 38.7 Å². The van der Waals surface area contributed by atoms with Gasteiger partial charge in [0.1, 0.15) is 5.75 Å². The van der Waals surface area contributed by atoms with Crippen LogP contribution in [0.15, 0.2) is 24.3 Å². The highest BCUT2D eigenvalue weighted by molar-refractivity contribution is 7.91. The third-order valence-electron chi connectivity index (χ3n) is 3.60. The average Bonchev–Trinajstić information content (AvgIpc) is 2.68. The number of hydrogen-bond donors (Lipinski definition) is 1. The Hall–Kier alpha value is -1.07. The number of benzene rings is 1. The molecular weight excluding hydrogens is 274 g/mol. The summed E-state index contributed by atoms with van der Waals surface area (Å²) in [5.41, 5.74) is 7.23. The fraction of sp³-hybridized carbons (Fsp3) is 0.600. The van der Waals surface area contributed by atoms with Crippen molar-refractivity contribution in [2.24, 2.45) is 11.7 Å². The molecule has 0 spiro atoms. The minimum absolute atomic E-state index is 0.0928. The molecule has 0 aliphatic carbocycles. The topological polar surface area (TPSA) is 69.4 Å². The molecule has 4 nitrogen and oxygen atoms in total. The lowest BCUT2D eigenvalue weighted by Crippen LogP contribution is -2.18. The van der Waals surface area contributed by atoms with Crippen LogP contribution in [-0.2, 0) is 9.84 Å². The zero-order valence-corrected chi connectivity index (χ0v) is 12.9. The van der Waals surface area contributed by atoms with Crippen LogP contribution in [0.3, 0.4) is 0 Å². The van der Waals surface area contributed by atoms with Gasteiger partial charge in [-0.2, -0.15) is 0 Å². The van der Waals surface area contributed by atoms with Crippen LogP contribution >= 0.6 is 0 Å². The van der Waals surface area contributed by atoms with Gasteiger partial charge >= 0.3 is 0 Å². The normalized spacial score (nSPS) is 22.9. The first kappa shape index (κ1) is 15.3. The number of ether oxygens (including phenoxy) is 1. The second-order valence-corrected chi connectivity index (χ2v) is 8.04. The van der Waals surface area contributed by atoms with Gasteiger partial charge in [-0.25, -0.2) is 8.42 Å². The van der Waals surface area contributed by atoms with Gasteiger partial charge in [0.05, 0.1) is 17.6 Å². The number of hydrogen-bond acceptors (Lipinski definition) is 4. The highest BCUT2D eigenvalue weighted by atomic mass is 32.2. The van der Waals surface area contributed by atoms with Crippen molar-refractivity contribution < 1.29 is 13.2 Å². The molecule has 2 atom stereocenters. The number of para-hydroxylation sites is 1. The van der Waals surface area contributed by atoms with Gasteiger partial charge in [-0.15, -0.1) is 0 Å². The quantitative estimate of drug-likeness (QED) is 0.905. The molecule has 5 heteroatoms. The Morgan fingerprint density at radius 3 is 2.65 bits per heavy atom. The van der Waals surface area contributed by atoms with Crippen LogP contribution in [-0.4, -0.2) is 26.0 Å². The summed E-state index contributed by atoms with van der Waals surface area (Å²) in [4.78, 5) is 0. The molecule has 0 radical (unpaired) electrons. The van der Waals surface area contributed by atoms with E-state index in [0.717, 1.165) is 17.7 Å². The van der Waals surface area contributed by atoms with Crippen LogP contribution in [0.2, 0.25) is 0 Å². The van der Waals surface area contributed by atoms with Crippen molar-refractivity contribution in [3.63, 3.8) is 0 Å². The molecule has 1 aliphatic rings. The predicted octanol–water partition coefficient (Wildman–Crippen LogP) is 2.30. The zero-order valence-electron chi connectivity index (χ0n) is 12.1. The Kier molecular flexibility index (Phi) is 4.70. The molecule has 1 aliphatic heterocycles. The Bertz CT molecular complexity index is 554. The molecule has 2 rings (SSSR count). The van der Waals surface area contributed by atoms with Crippen LogP contribution in [0.25, 0.3) is 0 Å². The Morgan fingerprint density at radius 1 is 1.35 bits per heavy atom. The summed E-state index contributed by atoms with van der Waals surface area (Å²) >= 11 is 0. The van der Waals surface area contributed by atoms with Crippen molar-refractivity contribution in [1.82, 2.24) is 0 Å². The van der Waals surface area contributed by atoms with Crippen molar-refractivity contribution in [3.8, 4) is 5.75 Å². The van der Waals surface area contributed by atoms with Crippen LogP contribution in [0.4, 0.5) is 0 Å². The van der Waals surface area contributed by atoms with Gasteiger partial charge in [0.25, 0.3) is 0 Å². The van der Waals surface area contributed by atoms with Gasteiger partial charge in [-0.1, -0.05) is 18.2 Å². The maximum atomic E-state index is 11.5. The molecule has 0 bridgehead atoms. The van der Waals surface area contributed by atoms with E-state index in [4.69, 9.17) is 10.5 Å². The molecule has 20 heavy (non-hydrogen) atoms. The lowest BCUT2D eigenvalue weighted by Gasteiger charge is -2.20. The van der Waals surface area contributed by atoms with Crippen LogP contribution in [0.5, 0.6) is 5.75 Å². The Balaban J connectivity index is 2.07. The molecule has 0 amide bonds. The molecule has 1 heterocycles. The van der Waals surface area contributed by atoms with E-state index in [1.165, 1.54) is 0 Å². The first-order valence-corrected chi connectivity index (χ1v) is 8.91. The molecule has 1 saturated heterocycles. The molecule has 0 aromatic heterocycles. The first-order valence-electron chi connectivity index (χ1n) is 7.09. The summed E-state index contributed by atoms with van der Waals surface area (Å²) in [6.45, 7) is 3.96. The van der Waals surface area contributed by atoms with Gasteiger partial charge in [0, 0.05) is 11.6 Å². The van der Waals surface area contributed by atoms with E-state index >= 15 is 0 Å². The van der Waals surface area contributed by atoms with Crippen molar-refractivity contribution >= 4 is 9.84 Å². The van der Waals surface area contributed by atoms with Crippen molar-refractivity contribution in [3.05, 3.63) is 29.8 Å². The van der Waals surface area contributed by atoms with Crippen molar-refractivity contribution in [2.45, 2.75) is 38.8 Å². The summed E-state index contributed by atoms with van der Waals surface area (Å²) in [6.07, 6.45) is 1.51. The summed E-state index contributed by atoms with van der Waals surface area (Å²) in [5, 5.41) is 0. The monoisotopic (exact) mass is 297 g/mol. The van der Waals surface area contributed by atoms with E-state index in [1.807, 2.05) is 38.1 Å². The van der Waals surface area contributed by atoms with E-state index in [0.29, 0.717) is 12.2 Å². The minimum Gasteiger partial charge on any atom is -0.491 e. The average molecular weight is 297 g/mol. The standard InChI is InChI=1S/C15H23NO3S/c1-11(2)19-15-6-4-3-5-13(15)14(16)9-12-7-8-20(17,18)10-12/h3-6,11-12,14H,7-10,16H2,1-2H3. The first-order chi connectivity index (χ1) is 9.37. The van der Waals surface area contributed by atoms with Gasteiger partial charge in [0.15, 0.2) is 9.84 Å². The summed E-state index contributed by atoms with van der Waals surface area (Å²) in [5.74, 6) is 1.54. The largest absolute Gasteiger partial charge is 0.491 e. The third kappa shape index (κ3) is 3.96. The molecular formula is C15H23NO3S. The fourth-order valence-electron chi connectivity index (χ4n) is 2.69. The molecule has 2 unspecified atom stereocenters. The van der Waals surface area contributed by atoms with Crippen LogP contribution < -0.4 is 10.5 Å². The Morgan fingerprint density at radius 2 is 2.05 bits per heavy atom. The van der Waals surface area contributed by atoms with E-state index in [2.05, 4.69) is 0 Å². The van der Waals surface area contributed by atoms with Crippen LogP contribution in [0.1, 0.15) is 38.3 Å². The number of nitrogens with two attached hydrogens (primary N) is 1. The number of rotatable bonds is 5. The molecule has 1 aromatic carbocycles. The minimum atomic E-state index is -2.84. The number of sulfone groups is 1. The highest BCUT2D eigenvalue weighted by Crippen LogP contribution is 2.32.